The van der Waals surface area contributed by atoms with Crippen molar-refractivity contribution >= 4 is 5.97 Å². The first-order chi connectivity index (χ1) is 13.7. The fraction of sp³-hybridized carbons (Fsp3) is 0.762. The monoisotopic (exact) mass is 410 g/mol. The largest absolute Gasteiger partial charge is 0.461 e. The fourth-order valence-electron chi connectivity index (χ4n) is 5.44. The Balaban J connectivity index is 1.59. The number of rotatable bonds is 3. The van der Waals surface area contributed by atoms with Crippen molar-refractivity contribution in [3.05, 3.63) is 24.3 Å². The van der Waals surface area contributed by atoms with Gasteiger partial charge in [-0.1, -0.05) is 25.7 Å². The van der Waals surface area contributed by atoms with Gasteiger partial charge in [-0.2, -0.15) is 0 Å². The molecule has 4 rings (SSSR count). The smallest absolute Gasteiger partial charge is 0.309 e. The predicted octanol–water partition coefficient (Wildman–Crippen LogP) is -0.109. The molecule has 0 aromatic rings. The average molecular weight is 410 g/mol. The van der Waals surface area contributed by atoms with Crippen molar-refractivity contribution in [2.24, 2.45) is 23.7 Å². The van der Waals surface area contributed by atoms with E-state index in [0.29, 0.717) is 6.42 Å². The quantitative estimate of drug-likeness (QED) is 0.375. The van der Waals surface area contributed by atoms with Gasteiger partial charge in [0.25, 0.3) is 0 Å². The molecule has 29 heavy (non-hydrogen) atoms. The molecule has 8 nitrogen and oxygen atoms in total. The Kier molecular flexibility index (Phi) is 5.61. The van der Waals surface area contributed by atoms with Gasteiger partial charge in [-0.25, -0.2) is 0 Å². The standard InChI is InChI=1S/C21H30O8/c1-8-4-5-11-9(2)13(6-12-10(3)20(26)29-19(12)15(8)11)27-21-18(25)17(24)16(23)14(7-22)28-21/h10-19,21-25H,1-2,4-7H2,3H3/t10-,11-,12-,13+,14+,15-,16+,17-,18+,19-,21+/m0/s1. The number of hydrogen-bond donors (Lipinski definition) is 4. The van der Waals surface area contributed by atoms with Crippen LogP contribution in [0.5, 0.6) is 0 Å². The minimum atomic E-state index is -1.51. The predicted molar refractivity (Wildman–Crippen MR) is 100 cm³/mol. The van der Waals surface area contributed by atoms with E-state index in [1.54, 1.807) is 0 Å². The summed E-state index contributed by atoms with van der Waals surface area (Å²) in [5.74, 6) is -0.548. The van der Waals surface area contributed by atoms with Gasteiger partial charge in [0.05, 0.1) is 18.6 Å². The van der Waals surface area contributed by atoms with Gasteiger partial charge in [0, 0.05) is 11.8 Å². The van der Waals surface area contributed by atoms with Crippen molar-refractivity contribution in [1.82, 2.24) is 0 Å². The zero-order valence-corrected chi connectivity index (χ0v) is 16.5. The van der Waals surface area contributed by atoms with Crippen molar-refractivity contribution in [2.75, 3.05) is 6.61 Å². The number of esters is 1. The summed E-state index contributed by atoms with van der Waals surface area (Å²) in [5, 5.41) is 39.8. The van der Waals surface area contributed by atoms with Crippen LogP contribution in [0.3, 0.4) is 0 Å². The molecule has 11 atom stereocenters. The lowest BCUT2D eigenvalue weighted by molar-refractivity contribution is -0.309. The number of carbonyl (C=O) groups is 1. The molecule has 0 amide bonds. The summed E-state index contributed by atoms with van der Waals surface area (Å²) in [6.07, 6.45) is -5.37. The van der Waals surface area contributed by atoms with Gasteiger partial charge < -0.3 is 34.6 Å². The molecule has 2 aliphatic heterocycles. The maximum atomic E-state index is 12.3. The van der Waals surface area contributed by atoms with Crippen LogP contribution in [0.15, 0.2) is 24.3 Å². The molecule has 4 fully saturated rings. The minimum absolute atomic E-state index is 0.00444. The van der Waals surface area contributed by atoms with Crippen LogP contribution in [-0.2, 0) is 19.0 Å². The summed E-state index contributed by atoms with van der Waals surface area (Å²) in [4.78, 5) is 12.3. The van der Waals surface area contributed by atoms with E-state index < -0.39 is 43.4 Å². The van der Waals surface area contributed by atoms with Crippen LogP contribution in [0.1, 0.15) is 26.2 Å². The summed E-state index contributed by atoms with van der Waals surface area (Å²) in [7, 11) is 0. The molecule has 0 spiro atoms. The molecular formula is C21H30O8. The van der Waals surface area contributed by atoms with Gasteiger partial charge in [-0.15, -0.1) is 0 Å². The van der Waals surface area contributed by atoms with Gasteiger partial charge in [0.2, 0.25) is 0 Å². The summed E-state index contributed by atoms with van der Waals surface area (Å²) in [6, 6.07) is 0. The Morgan fingerprint density at radius 1 is 1.17 bits per heavy atom. The Hall–Kier alpha value is -1.29. The van der Waals surface area contributed by atoms with E-state index in [4.69, 9.17) is 14.2 Å². The second-order valence-electron chi connectivity index (χ2n) is 8.82. The molecule has 2 heterocycles. The van der Waals surface area contributed by atoms with E-state index in [9.17, 15) is 25.2 Å². The van der Waals surface area contributed by atoms with Crippen molar-refractivity contribution < 1.29 is 39.4 Å². The normalized spacial score (nSPS) is 50.1. The Labute approximate surface area is 169 Å². The molecular weight excluding hydrogens is 380 g/mol. The SMILES string of the molecule is C=C1CC[C@H]2C(=C)[C@H](O[C@@H]3O[C@H](CO)[C@@H](O)[C@H](O)[C@H]3O)C[C@@H]3[C@H](OC(=O)[C@H]3C)[C@@H]12. The third-order valence-corrected chi connectivity index (χ3v) is 7.25. The van der Waals surface area contributed by atoms with Crippen LogP contribution < -0.4 is 0 Å². The van der Waals surface area contributed by atoms with Crippen LogP contribution in [0.4, 0.5) is 0 Å². The third kappa shape index (κ3) is 3.36. The molecule has 0 unspecified atom stereocenters. The fourth-order valence-corrected chi connectivity index (χ4v) is 5.44. The molecule has 4 N–H and O–H groups in total. The number of aliphatic hydroxyl groups is 4. The highest BCUT2D eigenvalue weighted by Gasteiger charge is 2.55. The van der Waals surface area contributed by atoms with E-state index >= 15 is 0 Å². The molecule has 2 saturated carbocycles. The van der Waals surface area contributed by atoms with Crippen LogP contribution in [0.2, 0.25) is 0 Å². The molecule has 8 heteroatoms. The lowest BCUT2D eigenvalue weighted by Crippen LogP contribution is -2.59. The van der Waals surface area contributed by atoms with Crippen molar-refractivity contribution in [1.29, 1.82) is 0 Å². The molecule has 0 aromatic carbocycles. The van der Waals surface area contributed by atoms with Gasteiger partial charge >= 0.3 is 5.97 Å². The first kappa shape index (κ1) is 21.0. The van der Waals surface area contributed by atoms with Gasteiger partial charge in [0.15, 0.2) is 6.29 Å². The van der Waals surface area contributed by atoms with Gasteiger partial charge in [-0.3, -0.25) is 4.79 Å². The molecule has 0 aromatic heterocycles. The minimum Gasteiger partial charge on any atom is -0.461 e. The van der Waals surface area contributed by atoms with E-state index in [-0.39, 0.29) is 35.7 Å². The first-order valence-corrected chi connectivity index (χ1v) is 10.3. The maximum absolute atomic E-state index is 12.3. The highest BCUT2D eigenvalue weighted by Crippen LogP contribution is 2.53. The van der Waals surface area contributed by atoms with E-state index in [1.807, 2.05) is 6.92 Å². The van der Waals surface area contributed by atoms with Crippen LogP contribution in [0, 0.1) is 23.7 Å². The average Bonchev–Trinajstić information content (AvgIpc) is 3.17. The molecule has 0 radical (unpaired) electrons. The molecule has 2 aliphatic carbocycles. The Morgan fingerprint density at radius 3 is 2.59 bits per heavy atom. The van der Waals surface area contributed by atoms with Crippen molar-refractivity contribution in [3.8, 4) is 0 Å². The molecule has 0 bridgehead atoms. The van der Waals surface area contributed by atoms with Crippen LogP contribution in [-0.4, -0.2) is 75.9 Å². The van der Waals surface area contributed by atoms with Gasteiger partial charge in [-0.05, 0) is 30.8 Å². The highest BCUT2D eigenvalue weighted by atomic mass is 16.7. The topological polar surface area (TPSA) is 126 Å². The Morgan fingerprint density at radius 2 is 1.90 bits per heavy atom. The van der Waals surface area contributed by atoms with E-state index in [2.05, 4.69) is 13.2 Å². The van der Waals surface area contributed by atoms with Crippen LogP contribution >= 0.6 is 0 Å². The maximum Gasteiger partial charge on any atom is 0.309 e. The van der Waals surface area contributed by atoms with E-state index in [1.165, 1.54) is 0 Å². The first-order valence-electron chi connectivity index (χ1n) is 10.3. The Bertz CT molecular complexity index is 690. The van der Waals surface area contributed by atoms with Crippen LogP contribution in [0.25, 0.3) is 0 Å². The third-order valence-electron chi connectivity index (χ3n) is 7.25. The number of aliphatic hydroxyl groups excluding tert-OH is 4. The summed E-state index contributed by atoms with van der Waals surface area (Å²) < 4.78 is 17.3. The number of carbonyl (C=O) groups excluding carboxylic acids is 1. The zero-order valence-electron chi connectivity index (χ0n) is 16.5. The molecule has 2 saturated heterocycles. The summed E-state index contributed by atoms with van der Waals surface area (Å²) in [5.41, 5.74) is 1.89. The lowest BCUT2D eigenvalue weighted by Gasteiger charge is -2.41. The number of hydrogen-bond acceptors (Lipinski definition) is 8. The zero-order chi connectivity index (χ0) is 21.0. The summed E-state index contributed by atoms with van der Waals surface area (Å²) >= 11 is 0. The second kappa shape index (κ2) is 7.76. The van der Waals surface area contributed by atoms with E-state index in [0.717, 1.165) is 24.0 Å². The van der Waals surface area contributed by atoms with Crippen molar-refractivity contribution in [3.63, 3.8) is 0 Å². The van der Waals surface area contributed by atoms with Crippen molar-refractivity contribution in [2.45, 2.75) is 69.1 Å². The number of fused-ring (bicyclic) bond motifs is 3. The summed E-state index contributed by atoms with van der Waals surface area (Å²) in [6.45, 7) is 9.78. The number of ether oxygens (including phenoxy) is 3. The van der Waals surface area contributed by atoms with Gasteiger partial charge in [0.1, 0.15) is 30.5 Å². The lowest BCUT2D eigenvalue weighted by atomic mass is 9.80. The molecule has 4 aliphatic rings. The molecule has 162 valence electrons. The highest BCUT2D eigenvalue weighted by molar-refractivity contribution is 5.75. The second-order valence-corrected chi connectivity index (χ2v) is 8.82.